The third-order valence-corrected chi connectivity index (χ3v) is 3.65. The molecule has 0 aliphatic rings. The molecular weight excluding hydrogens is 268 g/mol. The Hall–Kier alpha value is -1.47. The molecule has 1 amide bonds. The van der Waals surface area contributed by atoms with Crippen LogP contribution in [0.3, 0.4) is 0 Å². The first kappa shape index (κ1) is 13.0. The average Bonchev–Trinajstić information content (AvgIpc) is 2.82. The van der Waals surface area contributed by atoms with Gasteiger partial charge < -0.3 is 5.32 Å². The van der Waals surface area contributed by atoms with Gasteiger partial charge in [0.1, 0.15) is 6.33 Å². The van der Waals surface area contributed by atoms with Crippen molar-refractivity contribution in [3.8, 4) is 0 Å². The lowest BCUT2D eigenvalue weighted by Gasteiger charge is -2.02. The van der Waals surface area contributed by atoms with E-state index in [2.05, 4.69) is 20.3 Å². The molecule has 2 aromatic heterocycles. The summed E-state index contributed by atoms with van der Waals surface area (Å²) in [5.74, 6) is 0.663. The van der Waals surface area contributed by atoms with E-state index < -0.39 is 0 Å². The Morgan fingerprint density at radius 3 is 3.06 bits per heavy atom. The van der Waals surface area contributed by atoms with Crippen molar-refractivity contribution in [3.05, 3.63) is 29.7 Å². The van der Waals surface area contributed by atoms with Crippen LogP contribution in [0.1, 0.15) is 12.1 Å². The summed E-state index contributed by atoms with van der Waals surface area (Å²) >= 11 is 2.96. The van der Waals surface area contributed by atoms with Crippen molar-refractivity contribution in [2.45, 2.75) is 18.4 Å². The second-order valence-corrected chi connectivity index (χ2v) is 5.49. The second-order valence-electron chi connectivity index (χ2n) is 3.48. The van der Waals surface area contributed by atoms with Crippen LogP contribution in [-0.4, -0.2) is 26.6 Å². The first-order valence-corrected chi connectivity index (χ1v) is 7.21. The molecule has 1 N–H and O–H groups in total. The van der Waals surface area contributed by atoms with E-state index in [0.717, 1.165) is 10.7 Å². The van der Waals surface area contributed by atoms with Crippen LogP contribution in [-0.2, 0) is 4.79 Å². The molecule has 0 aliphatic heterocycles. The minimum Gasteiger partial charge on any atom is -0.302 e. The summed E-state index contributed by atoms with van der Waals surface area (Å²) in [6.07, 6.45) is 3.64. The van der Waals surface area contributed by atoms with E-state index in [1.54, 1.807) is 18.0 Å². The Labute approximate surface area is 113 Å². The number of hydrogen-bond donors (Lipinski definition) is 1. The summed E-state index contributed by atoms with van der Waals surface area (Å²) < 4.78 is 0. The van der Waals surface area contributed by atoms with E-state index in [9.17, 15) is 4.79 Å². The predicted molar refractivity (Wildman–Crippen MR) is 72.9 cm³/mol. The molecule has 0 radical (unpaired) electrons. The smallest absolute Gasteiger partial charge is 0.226 e. The first-order chi connectivity index (χ1) is 8.74. The Balaban J connectivity index is 1.73. The maximum Gasteiger partial charge on any atom is 0.226 e. The number of anilines is 1. The molecule has 0 bridgehead atoms. The molecule has 2 rings (SSSR count). The summed E-state index contributed by atoms with van der Waals surface area (Å²) in [6, 6.07) is 1.91. The average molecular weight is 280 g/mol. The van der Waals surface area contributed by atoms with Crippen molar-refractivity contribution in [1.82, 2.24) is 15.0 Å². The normalized spacial score (nSPS) is 10.3. The van der Waals surface area contributed by atoms with E-state index in [-0.39, 0.29) is 5.91 Å². The quantitative estimate of drug-likeness (QED) is 0.672. The van der Waals surface area contributed by atoms with Gasteiger partial charge in [-0.1, -0.05) is 0 Å². The molecule has 0 aromatic carbocycles. The third-order valence-electron chi connectivity index (χ3n) is 2.04. The number of thiazole rings is 1. The molecule has 0 aliphatic carbocycles. The van der Waals surface area contributed by atoms with Crippen molar-refractivity contribution >= 4 is 34.1 Å². The Kier molecular flexibility index (Phi) is 4.66. The molecule has 2 aromatic rings. The number of aryl methyl sites for hydroxylation is 1. The van der Waals surface area contributed by atoms with E-state index in [1.165, 1.54) is 17.7 Å². The largest absolute Gasteiger partial charge is 0.302 e. The van der Waals surface area contributed by atoms with Gasteiger partial charge in [0.15, 0.2) is 5.13 Å². The molecule has 0 atom stereocenters. The lowest BCUT2D eigenvalue weighted by atomic mass is 10.4. The van der Waals surface area contributed by atoms with Crippen LogP contribution < -0.4 is 5.32 Å². The van der Waals surface area contributed by atoms with Gasteiger partial charge in [-0.25, -0.2) is 15.0 Å². The molecule has 0 spiro atoms. The van der Waals surface area contributed by atoms with Crippen LogP contribution in [0.5, 0.6) is 0 Å². The van der Waals surface area contributed by atoms with Gasteiger partial charge in [-0.15, -0.1) is 23.1 Å². The van der Waals surface area contributed by atoms with Gasteiger partial charge in [0.25, 0.3) is 0 Å². The minimum atomic E-state index is -0.0248. The van der Waals surface area contributed by atoms with Gasteiger partial charge in [-0.3, -0.25) is 4.79 Å². The predicted octanol–water partition coefficient (Wildman–Crippen LogP) is 2.36. The minimum absolute atomic E-state index is 0.0248. The lowest BCUT2D eigenvalue weighted by Crippen LogP contribution is -2.11. The number of thioether (sulfide) groups is 1. The van der Waals surface area contributed by atoms with Crippen molar-refractivity contribution in [2.24, 2.45) is 0 Å². The number of nitrogens with zero attached hydrogens (tertiary/aromatic N) is 3. The van der Waals surface area contributed by atoms with Crippen LogP contribution in [0, 0.1) is 6.92 Å². The fourth-order valence-electron chi connectivity index (χ4n) is 1.22. The summed E-state index contributed by atoms with van der Waals surface area (Å²) in [5, 5.41) is 6.10. The maximum atomic E-state index is 11.6. The number of carbonyl (C=O) groups excluding carboxylic acids is 1. The highest BCUT2D eigenvalue weighted by atomic mass is 32.2. The zero-order valence-corrected chi connectivity index (χ0v) is 11.4. The van der Waals surface area contributed by atoms with Crippen LogP contribution in [0.2, 0.25) is 0 Å². The van der Waals surface area contributed by atoms with Crippen LogP contribution in [0.4, 0.5) is 5.13 Å². The van der Waals surface area contributed by atoms with Gasteiger partial charge in [-0.2, -0.15) is 0 Å². The molecule has 0 saturated carbocycles. The van der Waals surface area contributed by atoms with Crippen LogP contribution >= 0.6 is 23.1 Å². The molecule has 0 saturated heterocycles. The maximum absolute atomic E-state index is 11.6. The molecule has 94 valence electrons. The van der Waals surface area contributed by atoms with E-state index >= 15 is 0 Å². The third kappa shape index (κ3) is 4.08. The molecular formula is C11H12N4OS2. The van der Waals surface area contributed by atoms with Gasteiger partial charge in [0, 0.05) is 29.4 Å². The Bertz CT molecular complexity index is 516. The van der Waals surface area contributed by atoms with Crippen molar-refractivity contribution in [3.63, 3.8) is 0 Å². The van der Waals surface area contributed by atoms with Gasteiger partial charge in [0.2, 0.25) is 5.91 Å². The highest BCUT2D eigenvalue weighted by molar-refractivity contribution is 7.99. The zero-order valence-electron chi connectivity index (χ0n) is 9.79. The van der Waals surface area contributed by atoms with Crippen molar-refractivity contribution in [1.29, 1.82) is 0 Å². The molecule has 2 heterocycles. The van der Waals surface area contributed by atoms with Crippen molar-refractivity contribution < 1.29 is 4.79 Å². The fraction of sp³-hybridized carbons (Fsp3) is 0.273. The van der Waals surface area contributed by atoms with Gasteiger partial charge in [-0.05, 0) is 13.0 Å². The summed E-state index contributed by atoms with van der Waals surface area (Å²) in [5.41, 5.74) is 0.930. The monoisotopic (exact) mass is 280 g/mol. The lowest BCUT2D eigenvalue weighted by molar-refractivity contribution is -0.115. The molecule has 7 heteroatoms. The standard InChI is InChI=1S/C11H12N4OS2/c1-8-6-10(14-7-13-8)17-4-2-9(16)15-11-12-3-5-18-11/h3,5-7H,2,4H2,1H3,(H,12,15,16). The molecule has 18 heavy (non-hydrogen) atoms. The molecule has 0 unspecified atom stereocenters. The van der Waals surface area contributed by atoms with E-state index in [0.29, 0.717) is 17.3 Å². The summed E-state index contributed by atoms with van der Waals surface area (Å²) in [7, 11) is 0. The highest BCUT2D eigenvalue weighted by Gasteiger charge is 2.05. The van der Waals surface area contributed by atoms with E-state index in [4.69, 9.17) is 0 Å². The number of carbonyl (C=O) groups is 1. The van der Waals surface area contributed by atoms with Gasteiger partial charge in [0.05, 0.1) is 5.03 Å². The highest BCUT2D eigenvalue weighted by Crippen LogP contribution is 2.16. The SMILES string of the molecule is Cc1cc(SCCC(=O)Nc2nccs2)ncn1. The number of amides is 1. The van der Waals surface area contributed by atoms with Gasteiger partial charge >= 0.3 is 0 Å². The first-order valence-electron chi connectivity index (χ1n) is 5.35. The zero-order chi connectivity index (χ0) is 12.8. The van der Waals surface area contributed by atoms with Crippen LogP contribution in [0.25, 0.3) is 0 Å². The number of rotatable bonds is 5. The molecule has 5 nitrogen and oxygen atoms in total. The number of aromatic nitrogens is 3. The number of hydrogen-bond acceptors (Lipinski definition) is 6. The van der Waals surface area contributed by atoms with Crippen molar-refractivity contribution in [2.75, 3.05) is 11.1 Å². The second kappa shape index (κ2) is 6.46. The fourth-order valence-corrected chi connectivity index (χ4v) is 2.64. The van der Waals surface area contributed by atoms with E-state index in [1.807, 2.05) is 18.4 Å². The number of nitrogens with one attached hydrogen (secondary N) is 1. The van der Waals surface area contributed by atoms with Crippen LogP contribution in [0.15, 0.2) is 29.0 Å². The summed E-state index contributed by atoms with van der Waals surface area (Å²) in [4.78, 5) is 23.7. The Morgan fingerprint density at radius 2 is 2.33 bits per heavy atom. The topological polar surface area (TPSA) is 67.8 Å². The summed E-state index contributed by atoms with van der Waals surface area (Å²) in [6.45, 7) is 1.92. The molecule has 0 fully saturated rings. The Morgan fingerprint density at radius 1 is 1.44 bits per heavy atom.